The molecule has 0 radical (unpaired) electrons. The maximum atomic E-state index is 12.3. The van der Waals surface area contributed by atoms with Crippen LogP contribution in [0.4, 0.5) is 0 Å². The Labute approximate surface area is 120 Å². The molecule has 0 saturated heterocycles. The first kappa shape index (κ1) is 18.4. The summed E-state index contributed by atoms with van der Waals surface area (Å²) in [5, 5.41) is 3.33. The number of hydrogen-bond donors (Lipinski definition) is 1. The number of carbonyl (C=O) groups is 1. The Morgan fingerprint density at radius 1 is 1.05 bits per heavy atom. The van der Waals surface area contributed by atoms with Gasteiger partial charge in [0.1, 0.15) is 0 Å². The maximum Gasteiger partial charge on any atom is 0.223 e. The lowest BCUT2D eigenvalue weighted by atomic mass is 9.91. The van der Waals surface area contributed by atoms with Crippen LogP contribution in [0.2, 0.25) is 0 Å². The first-order valence-electron chi connectivity index (χ1n) is 7.89. The van der Waals surface area contributed by atoms with Crippen LogP contribution in [0.25, 0.3) is 0 Å². The molecule has 3 nitrogen and oxygen atoms in total. The van der Waals surface area contributed by atoms with Gasteiger partial charge in [0.25, 0.3) is 0 Å². The lowest BCUT2D eigenvalue weighted by molar-refractivity contribution is -0.133. The van der Waals surface area contributed by atoms with Gasteiger partial charge in [-0.15, -0.1) is 0 Å². The molecule has 0 unspecified atom stereocenters. The molecule has 0 aliphatic carbocycles. The van der Waals surface area contributed by atoms with E-state index in [9.17, 15) is 4.79 Å². The van der Waals surface area contributed by atoms with Crippen molar-refractivity contribution in [2.75, 3.05) is 26.2 Å². The van der Waals surface area contributed by atoms with E-state index in [-0.39, 0.29) is 5.41 Å². The summed E-state index contributed by atoms with van der Waals surface area (Å²) in [5.41, 5.74) is 0.0886. The molecule has 3 heteroatoms. The number of nitrogens with zero attached hydrogens (tertiary/aromatic N) is 1. The minimum atomic E-state index is 0.0886. The van der Waals surface area contributed by atoms with Gasteiger partial charge in [0.05, 0.1) is 0 Å². The SMILES string of the molecule is CCCCN(CCCCNCC)C(=O)CC(C)(C)C. The molecule has 0 fully saturated rings. The smallest absolute Gasteiger partial charge is 0.223 e. The van der Waals surface area contributed by atoms with Crippen LogP contribution < -0.4 is 5.32 Å². The molecular formula is C16H34N2O. The quantitative estimate of drug-likeness (QED) is 0.617. The van der Waals surface area contributed by atoms with E-state index >= 15 is 0 Å². The predicted molar refractivity (Wildman–Crippen MR) is 83.3 cm³/mol. The van der Waals surface area contributed by atoms with E-state index in [1.165, 1.54) is 0 Å². The third kappa shape index (κ3) is 11.0. The third-order valence-electron chi connectivity index (χ3n) is 3.10. The van der Waals surface area contributed by atoms with Gasteiger partial charge in [-0.3, -0.25) is 4.79 Å². The third-order valence-corrected chi connectivity index (χ3v) is 3.10. The van der Waals surface area contributed by atoms with Crippen LogP contribution in [-0.2, 0) is 4.79 Å². The molecule has 0 aliphatic rings. The Bertz CT molecular complexity index is 233. The molecular weight excluding hydrogens is 236 g/mol. The topological polar surface area (TPSA) is 32.3 Å². The van der Waals surface area contributed by atoms with Gasteiger partial charge in [-0.25, -0.2) is 0 Å². The van der Waals surface area contributed by atoms with E-state index in [0.717, 1.165) is 51.9 Å². The number of amides is 1. The molecule has 0 atom stereocenters. The molecule has 0 heterocycles. The highest BCUT2D eigenvalue weighted by Gasteiger charge is 2.20. The molecule has 0 rings (SSSR count). The van der Waals surface area contributed by atoms with E-state index in [1.54, 1.807) is 0 Å². The molecule has 0 saturated carbocycles. The van der Waals surface area contributed by atoms with Gasteiger partial charge in [-0.1, -0.05) is 41.0 Å². The Morgan fingerprint density at radius 2 is 1.68 bits per heavy atom. The zero-order valence-corrected chi connectivity index (χ0v) is 13.7. The van der Waals surface area contributed by atoms with Crippen molar-refractivity contribution >= 4 is 5.91 Å². The summed E-state index contributed by atoms with van der Waals surface area (Å²) < 4.78 is 0. The fraction of sp³-hybridized carbons (Fsp3) is 0.938. The molecule has 0 aliphatic heterocycles. The number of hydrogen-bond acceptors (Lipinski definition) is 2. The first-order chi connectivity index (χ1) is 8.90. The summed E-state index contributed by atoms with van der Waals surface area (Å²) in [4.78, 5) is 14.4. The zero-order valence-electron chi connectivity index (χ0n) is 13.7. The van der Waals surface area contributed by atoms with E-state index in [1.807, 2.05) is 0 Å². The van der Waals surface area contributed by atoms with Crippen LogP contribution in [0.15, 0.2) is 0 Å². The van der Waals surface area contributed by atoms with Gasteiger partial charge < -0.3 is 10.2 Å². The van der Waals surface area contributed by atoms with Gasteiger partial charge in [0.2, 0.25) is 5.91 Å². The second kappa shape index (κ2) is 10.2. The highest BCUT2D eigenvalue weighted by Crippen LogP contribution is 2.20. The van der Waals surface area contributed by atoms with Gasteiger partial charge in [-0.05, 0) is 37.8 Å². The zero-order chi connectivity index (χ0) is 14.7. The minimum Gasteiger partial charge on any atom is -0.343 e. The fourth-order valence-corrected chi connectivity index (χ4v) is 2.01. The van der Waals surface area contributed by atoms with Crippen molar-refractivity contribution in [3.05, 3.63) is 0 Å². The predicted octanol–water partition coefficient (Wildman–Crippen LogP) is 3.44. The Balaban J connectivity index is 4.10. The number of rotatable bonds is 10. The average molecular weight is 270 g/mol. The van der Waals surface area contributed by atoms with Crippen LogP contribution in [0.3, 0.4) is 0 Å². The summed E-state index contributed by atoms with van der Waals surface area (Å²) in [6.45, 7) is 14.6. The van der Waals surface area contributed by atoms with Crippen molar-refractivity contribution in [2.24, 2.45) is 5.41 Å². The van der Waals surface area contributed by atoms with E-state index in [0.29, 0.717) is 12.3 Å². The minimum absolute atomic E-state index is 0.0886. The number of unbranched alkanes of at least 4 members (excludes halogenated alkanes) is 2. The van der Waals surface area contributed by atoms with Crippen LogP contribution in [0.5, 0.6) is 0 Å². The molecule has 0 aromatic rings. The molecule has 0 spiro atoms. The highest BCUT2D eigenvalue weighted by atomic mass is 16.2. The average Bonchev–Trinajstić information content (AvgIpc) is 2.30. The fourth-order valence-electron chi connectivity index (χ4n) is 2.01. The standard InChI is InChI=1S/C16H34N2O/c1-6-8-12-18(13-10-9-11-17-7-2)15(19)14-16(3,4)5/h17H,6-14H2,1-5H3. The Kier molecular flexibility index (Phi) is 9.94. The van der Waals surface area contributed by atoms with Crippen molar-refractivity contribution in [1.82, 2.24) is 10.2 Å². The van der Waals surface area contributed by atoms with Crippen molar-refractivity contribution in [2.45, 2.75) is 66.7 Å². The molecule has 0 bridgehead atoms. The highest BCUT2D eigenvalue weighted by molar-refractivity contribution is 5.76. The number of carbonyl (C=O) groups excluding carboxylic acids is 1. The van der Waals surface area contributed by atoms with Crippen molar-refractivity contribution in [3.8, 4) is 0 Å². The van der Waals surface area contributed by atoms with Crippen LogP contribution in [-0.4, -0.2) is 37.0 Å². The first-order valence-corrected chi connectivity index (χ1v) is 7.89. The Hall–Kier alpha value is -0.570. The van der Waals surface area contributed by atoms with Gasteiger partial charge >= 0.3 is 0 Å². The van der Waals surface area contributed by atoms with Crippen LogP contribution >= 0.6 is 0 Å². The van der Waals surface area contributed by atoms with Crippen LogP contribution in [0.1, 0.15) is 66.7 Å². The summed E-state index contributed by atoms with van der Waals surface area (Å²) in [6, 6.07) is 0. The monoisotopic (exact) mass is 270 g/mol. The van der Waals surface area contributed by atoms with Crippen molar-refractivity contribution in [1.29, 1.82) is 0 Å². The second-order valence-corrected chi connectivity index (χ2v) is 6.53. The molecule has 19 heavy (non-hydrogen) atoms. The van der Waals surface area contributed by atoms with Gasteiger partial charge in [0.15, 0.2) is 0 Å². The largest absolute Gasteiger partial charge is 0.343 e. The summed E-state index contributed by atoms with van der Waals surface area (Å²) in [5.74, 6) is 0.324. The molecule has 1 amide bonds. The summed E-state index contributed by atoms with van der Waals surface area (Å²) in [7, 11) is 0. The van der Waals surface area contributed by atoms with Crippen molar-refractivity contribution in [3.63, 3.8) is 0 Å². The van der Waals surface area contributed by atoms with Gasteiger partial charge in [-0.2, -0.15) is 0 Å². The Morgan fingerprint density at radius 3 is 2.21 bits per heavy atom. The lowest BCUT2D eigenvalue weighted by Gasteiger charge is -2.26. The van der Waals surface area contributed by atoms with Crippen LogP contribution in [0, 0.1) is 5.41 Å². The van der Waals surface area contributed by atoms with E-state index < -0.39 is 0 Å². The summed E-state index contributed by atoms with van der Waals surface area (Å²) in [6.07, 6.45) is 5.18. The van der Waals surface area contributed by atoms with Gasteiger partial charge in [0, 0.05) is 19.5 Å². The second-order valence-electron chi connectivity index (χ2n) is 6.53. The number of nitrogens with one attached hydrogen (secondary N) is 1. The maximum absolute atomic E-state index is 12.3. The molecule has 0 aromatic heterocycles. The van der Waals surface area contributed by atoms with E-state index in [4.69, 9.17) is 0 Å². The molecule has 1 N–H and O–H groups in total. The molecule has 114 valence electrons. The van der Waals surface area contributed by atoms with E-state index in [2.05, 4.69) is 44.8 Å². The summed E-state index contributed by atoms with van der Waals surface area (Å²) >= 11 is 0. The lowest BCUT2D eigenvalue weighted by Crippen LogP contribution is -2.35. The van der Waals surface area contributed by atoms with Crippen molar-refractivity contribution < 1.29 is 4.79 Å². The normalized spacial score (nSPS) is 11.6. The molecule has 0 aromatic carbocycles.